The maximum Gasteiger partial charge on any atom is 0.0914 e. The van der Waals surface area contributed by atoms with Gasteiger partial charge in [-0.15, -0.1) is 0 Å². The molecule has 0 radical (unpaired) electrons. The lowest BCUT2D eigenvalue weighted by atomic mass is 10.0. The quantitative estimate of drug-likeness (QED) is 0.366. The molecule has 0 amide bonds. The van der Waals surface area contributed by atoms with Crippen LogP contribution in [0.3, 0.4) is 0 Å². The first-order valence-corrected chi connectivity index (χ1v) is 9.04. The second kappa shape index (κ2) is 10.0. The molecule has 2 unspecified atom stereocenters. The number of rotatable bonds is 9. The zero-order valence-corrected chi connectivity index (χ0v) is 14.8. The first kappa shape index (κ1) is 17.3. The Morgan fingerprint density at radius 3 is 2.68 bits per heavy atom. The van der Waals surface area contributed by atoms with Gasteiger partial charge in [0.2, 0.25) is 0 Å². The zero-order chi connectivity index (χ0) is 14.1. The fourth-order valence-electron chi connectivity index (χ4n) is 2.09. The first-order chi connectivity index (χ1) is 9.21. The lowest BCUT2D eigenvalue weighted by molar-refractivity contribution is 0.0403. The van der Waals surface area contributed by atoms with Crippen LogP contribution in [0.4, 0.5) is 0 Å². The highest BCUT2D eigenvalue weighted by molar-refractivity contribution is 14.1. The summed E-state index contributed by atoms with van der Waals surface area (Å²) in [5, 5.41) is 0.786. The summed E-state index contributed by atoms with van der Waals surface area (Å²) in [5.74, 6) is 0.685. The third kappa shape index (κ3) is 6.46. The summed E-state index contributed by atoms with van der Waals surface area (Å²) in [6.45, 7) is 5.35. The van der Waals surface area contributed by atoms with Gasteiger partial charge in [0.25, 0.3) is 0 Å². The lowest BCUT2D eigenvalue weighted by Crippen LogP contribution is -2.14. The summed E-state index contributed by atoms with van der Waals surface area (Å²) in [5.41, 5.74) is 1.19. The van der Waals surface area contributed by atoms with Crippen LogP contribution >= 0.6 is 34.2 Å². The van der Waals surface area contributed by atoms with E-state index in [1.165, 1.54) is 31.2 Å². The van der Waals surface area contributed by atoms with Crippen LogP contribution in [0.1, 0.15) is 51.2 Å². The molecule has 1 aromatic carbocycles. The van der Waals surface area contributed by atoms with Gasteiger partial charge < -0.3 is 4.74 Å². The molecule has 0 heterocycles. The van der Waals surface area contributed by atoms with Gasteiger partial charge in [0.1, 0.15) is 0 Å². The minimum atomic E-state index is 0.162. The lowest BCUT2D eigenvalue weighted by Gasteiger charge is -2.20. The summed E-state index contributed by atoms with van der Waals surface area (Å²) in [4.78, 5) is 0. The van der Waals surface area contributed by atoms with E-state index in [-0.39, 0.29) is 6.10 Å². The van der Waals surface area contributed by atoms with Crippen LogP contribution in [0.2, 0.25) is 5.02 Å². The molecule has 0 aliphatic heterocycles. The molecule has 3 heteroatoms. The molecule has 0 N–H and O–H groups in total. The van der Waals surface area contributed by atoms with Crippen LogP contribution in [-0.2, 0) is 4.74 Å². The Morgan fingerprint density at radius 1 is 1.32 bits per heavy atom. The van der Waals surface area contributed by atoms with Crippen LogP contribution in [0.25, 0.3) is 0 Å². The van der Waals surface area contributed by atoms with Gasteiger partial charge in [0.05, 0.1) is 12.7 Å². The molecular formula is C16H24ClIO. The standard InChI is InChI=1S/C16H24ClIO/c1-3-5-7-13(4-2)12-19-16(11-18)14-8-6-9-15(17)10-14/h6,8-10,13,16H,3-5,7,11-12H2,1-2H3. The minimum Gasteiger partial charge on any atom is -0.372 e. The van der Waals surface area contributed by atoms with Gasteiger partial charge in [-0.05, 0) is 30.0 Å². The van der Waals surface area contributed by atoms with Crippen molar-refractivity contribution < 1.29 is 4.74 Å². The Morgan fingerprint density at radius 2 is 2.11 bits per heavy atom. The molecule has 2 atom stereocenters. The molecule has 0 aromatic heterocycles. The van der Waals surface area contributed by atoms with Crippen LogP contribution in [0.15, 0.2) is 24.3 Å². The van der Waals surface area contributed by atoms with Crippen molar-refractivity contribution in [3.63, 3.8) is 0 Å². The Kier molecular flexibility index (Phi) is 9.08. The van der Waals surface area contributed by atoms with Gasteiger partial charge in [0.15, 0.2) is 0 Å². The van der Waals surface area contributed by atoms with Gasteiger partial charge in [-0.3, -0.25) is 0 Å². The van der Waals surface area contributed by atoms with Crippen molar-refractivity contribution in [2.24, 2.45) is 5.92 Å². The topological polar surface area (TPSA) is 9.23 Å². The highest BCUT2D eigenvalue weighted by Crippen LogP contribution is 2.25. The number of unbranched alkanes of at least 4 members (excludes halogenated alkanes) is 1. The third-order valence-corrected chi connectivity index (χ3v) is 4.47. The maximum absolute atomic E-state index is 6.12. The molecule has 0 saturated heterocycles. The van der Waals surface area contributed by atoms with E-state index in [4.69, 9.17) is 16.3 Å². The van der Waals surface area contributed by atoms with Crippen molar-refractivity contribution in [1.29, 1.82) is 0 Å². The normalized spacial score (nSPS) is 14.3. The predicted molar refractivity (Wildman–Crippen MR) is 92.3 cm³/mol. The molecule has 19 heavy (non-hydrogen) atoms. The molecule has 1 aromatic rings. The highest BCUT2D eigenvalue weighted by atomic mass is 127. The van der Waals surface area contributed by atoms with Crippen LogP contribution in [0, 0.1) is 5.92 Å². The van der Waals surface area contributed by atoms with Gasteiger partial charge in [0, 0.05) is 9.45 Å². The average Bonchev–Trinajstić information content (AvgIpc) is 2.43. The van der Waals surface area contributed by atoms with Crippen molar-refractivity contribution >= 4 is 34.2 Å². The smallest absolute Gasteiger partial charge is 0.0914 e. The molecule has 1 nitrogen and oxygen atoms in total. The molecule has 0 spiro atoms. The Labute approximate surface area is 136 Å². The summed E-state index contributed by atoms with van der Waals surface area (Å²) in [6, 6.07) is 8.01. The molecular weight excluding hydrogens is 371 g/mol. The van der Waals surface area contributed by atoms with Crippen molar-refractivity contribution in [2.45, 2.75) is 45.6 Å². The summed E-state index contributed by atoms with van der Waals surface area (Å²) in [6.07, 6.45) is 5.20. The minimum absolute atomic E-state index is 0.162. The average molecular weight is 395 g/mol. The monoisotopic (exact) mass is 394 g/mol. The van der Waals surface area contributed by atoms with Gasteiger partial charge in [-0.25, -0.2) is 0 Å². The van der Waals surface area contributed by atoms with Crippen molar-refractivity contribution in [1.82, 2.24) is 0 Å². The van der Waals surface area contributed by atoms with E-state index in [1.807, 2.05) is 18.2 Å². The van der Waals surface area contributed by atoms with Gasteiger partial charge in [-0.2, -0.15) is 0 Å². The number of halogens is 2. The second-order valence-corrected chi connectivity index (χ2v) is 6.27. The predicted octanol–water partition coefficient (Wildman–Crippen LogP) is 6.05. The Bertz CT molecular complexity index is 356. The maximum atomic E-state index is 6.12. The summed E-state index contributed by atoms with van der Waals surface area (Å²) in [7, 11) is 0. The van der Waals surface area contributed by atoms with Gasteiger partial charge in [-0.1, -0.05) is 79.4 Å². The molecule has 0 saturated carbocycles. The number of alkyl halides is 1. The fourth-order valence-corrected chi connectivity index (χ4v) is 3.05. The van der Waals surface area contributed by atoms with Crippen LogP contribution in [0.5, 0.6) is 0 Å². The molecule has 0 fully saturated rings. The summed E-state index contributed by atoms with van der Waals surface area (Å²) >= 11 is 8.43. The van der Waals surface area contributed by atoms with Crippen molar-refractivity contribution in [3.8, 4) is 0 Å². The largest absolute Gasteiger partial charge is 0.372 e. The number of benzene rings is 1. The van der Waals surface area contributed by atoms with E-state index in [0.717, 1.165) is 16.1 Å². The van der Waals surface area contributed by atoms with E-state index in [9.17, 15) is 0 Å². The molecule has 0 aliphatic rings. The van der Waals surface area contributed by atoms with Crippen LogP contribution < -0.4 is 0 Å². The Balaban J connectivity index is 2.52. The van der Waals surface area contributed by atoms with Gasteiger partial charge >= 0.3 is 0 Å². The Hall–Kier alpha value is 0.200. The van der Waals surface area contributed by atoms with Crippen LogP contribution in [-0.4, -0.2) is 11.0 Å². The van der Waals surface area contributed by atoms with Crippen molar-refractivity contribution in [2.75, 3.05) is 11.0 Å². The van der Waals surface area contributed by atoms with E-state index in [1.54, 1.807) is 0 Å². The molecule has 0 aliphatic carbocycles. The van der Waals surface area contributed by atoms with E-state index >= 15 is 0 Å². The molecule has 0 bridgehead atoms. The van der Waals surface area contributed by atoms with E-state index in [2.05, 4.69) is 42.5 Å². The number of hydrogen-bond acceptors (Lipinski definition) is 1. The number of ether oxygens (including phenoxy) is 1. The highest BCUT2D eigenvalue weighted by Gasteiger charge is 2.14. The van der Waals surface area contributed by atoms with E-state index < -0.39 is 0 Å². The molecule has 108 valence electrons. The number of hydrogen-bond donors (Lipinski definition) is 0. The third-order valence-electron chi connectivity index (χ3n) is 3.44. The van der Waals surface area contributed by atoms with E-state index in [0.29, 0.717) is 5.92 Å². The zero-order valence-electron chi connectivity index (χ0n) is 11.9. The van der Waals surface area contributed by atoms with Crippen molar-refractivity contribution in [3.05, 3.63) is 34.9 Å². The fraction of sp³-hybridized carbons (Fsp3) is 0.625. The second-order valence-electron chi connectivity index (χ2n) is 4.95. The summed E-state index contributed by atoms with van der Waals surface area (Å²) < 4.78 is 7.08. The first-order valence-electron chi connectivity index (χ1n) is 7.14. The SMILES string of the molecule is CCCCC(CC)COC(CI)c1cccc(Cl)c1. The molecule has 1 rings (SSSR count).